The highest BCUT2D eigenvalue weighted by Gasteiger charge is 2.39. The van der Waals surface area contributed by atoms with E-state index < -0.39 is 17.8 Å². The van der Waals surface area contributed by atoms with E-state index in [0.717, 1.165) is 7.14 Å². The smallest absolute Gasteiger partial charge is 0.324 e. The van der Waals surface area contributed by atoms with E-state index in [2.05, 4.69) is 22.6 Å². The number of amides is 2. The molecule has 0 radical (unpaired) electrons. The van der Waals surface area contributed by atoms with Crippen molar-refractivity contribution in [3.8, 4) is 0 Å². The van der Waals surface area contributed by atoms with Crippen molar-refractivity contribution in [1.82, 2.24) is 5.06 Å². The van der Waals surface area contributed by atoms with Crippen LogP contribution in [0.4, 0.5) is 0 Å². The molecule has 0 atom stereocenters. The zero-order valence-electron chi connectivity index (χ0n) is 11.2. The molecule has 0 fully saturated rings. The molecule has 8 heteroatoms. The van der Waals surface area contributed by atoms with Crippen LogP contribution < -0.4 is 0 Å². The lowest BCUT2D eigenvalue weighted by Crippen LogP contribution is -2.33. The quantitative estimate of drug-likeness (QED) is 0.283. The molecular weight excluding hydrogens is 639 g/mol. The van der Waals surface area contributed by atoms with Crippen LogP contribution in [0.25, 0.3) is 0 Å². The Kier molecular flexibility index (Phi) is 4.92. The number of carbonyl (C=O) groups excluding carboxylic acids is 3. The first-order valence-electron chi connectivity index (χ1n) is 6.25. The van der Waals surface area contributed by atoms with Crippen LogP contribution in [0.15, 0.2) is 36.4 Å². The van der Waals surface area contributed by atoms with Crippen molar-refractivity contribution in [1.29, 1.82) is 0 Å². The molecule has 1 aliphatic rings. The first-order valence-corrected chi connectivity index (χ1v) is 9.49. The van der Waals surface area contributed by atoms with Crippen molar-refractivity contribution in [3.63, 3.8) is 0 Å². The minimum atomic E-state index is -0.730. The molecule has 5 nitrogen and oxygen atoms in total. The number of hydroxylamine groups is 2. The van der Waals surface area contributed by atoms with E-state index in [-0.39, 0.29) is 11.1 Å². The van der Waals surface area contributed by atoms with Crippen LogP contribution >= 0.6 is 67.8 Å². The standard InChI is InChI=1S/C15H6I3NO4/c16-9-5-6-10(17)12(18)11(9)15(22)23-19-13(20)7-3-1-2-4-8(7)14(19)21/h1-6H. The van der Waals surface area contributed by atoms with E-state index in [9.17, 15) is 14.4 Å². The van der Waals surface area contributed by atoms with E-state index in [1.165, 1.54) is 12.1 Å². The topological polar surface area (TPSA) is 63.7 Å². The number of imide groups is 1. The van der Waals surface area contributed by atoms with Gasteiger partial charge in [-0.2, -0.15) is 0 Å². The van der Waals surface area contributed by atoms with Crippen molar-refractivity contribution in [2.24, 2.45) is 0 Å². The molecule has 0 aromatic heterocycles. The fourth-order valence-corrected chi connectivity index (χ4v) is 4.42. The van der Waals surface area contributed by atoms with Gasteiger partial charge in [0.1, 0.15) is 0 Å². The molecule has 3 rings (SSSR count). The molecule has 0 bridgehead atoms. The molecular formula is C15H6I3NO4. The number of hydrogen-bond acceptors (Lipinski definition) is 4. The summed E-state index contributed by atoms with van der Waals surface area (Å²) >= 11 is 6.17. The highest BCUT2D eigenvalue weighted by molar-refractivity contribution is 14.1. The summed E-state index contributed by atoms with van der Waals surface area (Å²) in [6.45, 7) is 0. The van der Waals surface area contributed by atoms with Gasteiger partial charge in [0.25, 0.3) is 11.8 Å². The summed E-state index contributed by atoms with van der Waals surface area (Å²) in [6.07, 6.45) is 0. The third-order valence-electron chi connectivity index (χ3n) is 3.18. The van der Waals surface area contributed by atoms with Crippen molar-refractivity contribution < 1.29 is 19.2 Å². The fraction of sp³-hybridized carbons (Fsp3) is 0. The van der Waals surface area contributed by atoms with Crippen LogP contribution in [0.5, 0.6) is 0 Å². The Morgan fingerprint density at radius 3 is 1.96 bits per heavy atom. The lowest BCUT2D eigenvalue weighted by molar-refractivity contribution is -0.0586. The molecule has 1 aliphatic heterocycles. The number of carbonyl (C=O) groups is 3. The van der Waals surface area contributed by atoms with Crippen molar-refractivity contribution >= 4 is 85.6 Å². The summed E-state index contributed by atoms with van der Waals surface area (Å²) in [5.74, 6) is -1.99. The number of rotatable bonds is 2. The van der Waals surface area contributed by atoms with Crippen molar-refractivity contribution in [3.05, 3.63) is 63.8 Å². The van der Waals surface area contributed by atoms with E-state index in [1.807, 2.05) is 51.2 Å². The van der Waals surface area contributed by atoms with E-state index in [1.54, 1.807) is 18.2 Å². The molecule has 0 aliphatic carbocycles. The van der Waals surface area contributed by atoms with Crippen LogP contribution in [-0.4, -0.2) is 22.8 Å². The third kappa shape index (κ3) is 2.99. The first-order chi connectivity index (χ1) is 10.9. The Morgan fingerprint density at radius 1 is 0.870 bits per heavy atom. The zero-order chi connectivity index (χ0) is 16.7. The second kappa shape index (κ2) is 6.63. The minimum Gasteiger partial charge on any atom is -0.324 e. The largest absolute Gasteiger partial charge is 0.366 e. The number of fused-ring (bicyclic) bond motifs is 1. The van der Waals surface area contributed by atoms with E-state index >= 15 is 0 Å². The summed E-state index contributed by atoms with van der Waals surface area (Å²) in [5, 5.41) is 0.527. The maximum absolute atomic E-state index is 12.5. The SMILES string of the molecule is O=C(ON1C(=O)c2ccccc2C1=O)c1c(I)ccc(I)c1I. The van der Waals surface area contributed by atoms with Gasteiger partial charge in [-0.15, -0.1) is 0 Å². The minimum absolute atomic E-state index is 0.234. The Morgan fingerprint density at radius 2 is 1.39 bits per heavy atom. The van der Waals surface area contributed by atoms with Gasteiger partial charge in [0.2, 0.25) is 0 Å². The van der Waals surface area contributed by atoms with Crippen LogP contribution in [0, 0.1) is 10.7 Å². The number of nitrogens with zero attached hydrogens (tertiary/aromatic N) is 1. The maximum atomic E-state index is 12.5. The normalized spacial score (nSPS) is 13.3. The summed E-state index contributed by atoms with van der Waals surface area (Å²) in [4.78, 5) is 42.0. The van der Waals surface area contributed by atoms with Gasteiger partial charge in [-0.05, 0) is 92.0 Å². The van der Waals surface area contributed by atoms with Crippen LogP contribution in [-0.2, 0) is 4.84 Å². The zero-order valence-corrected chi connectivity index (χ0v) is 17.7. The molecule has 2 amide bonds. The van der Waals surface area contributed by atoms with Gasteiger partial charge in [0, 0.05) is 10.7 Å². The van der Waals surface area contributed by atoms with Gasteiger partial charge in [-0.3, -0.25) is 9.59 Å². The van der Waals surface area contributed by atoms with E-state index in [0.29, 0.717) is 14.2 Å². The summed E-state index contributed by atoms with van der Waals surface area (Å²) in [7, 11) is 0. The monoisotopic (exact) mass is 645 g/mol. The molecule has 0 saturated carbocycles. The first kappa shape index (κ1) is 17.1. The summed E-state index contributed by atoms with van der Waals surface area (Å²) < 4.78 is 2.30. The van der Waals surface area contributed by atoms with Gasteiger partial charge in [0.05, 0.1) is 16.7 Å². The Bertz CT molecular complexity index is 831. The predicted octanol–water partition coefficient (Wildman–Crippen LogP) is 3.87. The molecule has 0 N–H and O–H groups in total. The molecule has 0 saturated heterocycles. The average molecular weight is 645 g/mol. The van der Waals surface area contributed by atoms with Gasteiger partial charge in [-0.1, -0.05) is 17.2 Å². The van der Waals surface area contributed by atoms with E-state index in [4.69, 9.17) is 4.84 Å². The highest BCUT2D eigenvalue weighted by atomic mass is 127. The predicted molar refractivity (Wildman–Crippen MR) is 107 cm³/mol. The molecule has 0 spiro atoms. The van der Waals surface area contributed by atoms with Crippen LogP contribution in [0.1, 0.15) is 31.1 Å². The Labute approximate surface area is 172 Å². The number of benzene rings is 2. The fourth-order valence-electron chi connectivity index (χ4n) is 2.09. The average Bonchev–Trinajstić information content (AvgIpc) is 2.77. The molecule has 2 aromatic carbocycles. The van der Waals surface area contributed by atoms with Gasteiger partial charge < -0.3 is 4.84 Å². The van der Waals surface area contributed by atoms with Crippen molar-refractivity contribution in [2.75, 3.05) is 0 Å². The number of halogens is 3. The van der Waals surface area contributed by atoms with Crippen LogP contribution in [0.2, 0.25) is 0 Å². The molecule has 0 unspecified atom stereocenters. The van der Waals surface area contributed by atoms with Crippen molar-refractivity contribution in [2.45, 2.75) is 0 Å². The Balaban J connectivity index is 1.93. The van der Waals surface area contributed by atoms with Gasteiger partial charge in [-0.25, -0.2) is 4.79 Å². The summed E-state index contributed by atoms with van der Waals surface area (Å²) in [5.41, 5.74) is 0.810. The summed E-state index contributed by atoms with van der Waals surface area (Å²) in [6, 6.07) is 10.0. The maximum Gasteiger partial charge on any atom is 0.366 e. The lowest BCUT2D eigenvalue weighted by Gasteiger charge is -2.14. The Hall–Kier alpha value is -0.760. The van der Waals surface area contributed by atoms with Crippen LogP contribution in [0.3, 0.4) is 0 Å². The highest BCUT2D eigenvalue weighted by Crippen LogP contribution is 2.27. The second-order valence-corrected chi connectivity index (χ2v) is 7.95. The number of hydrogen-bond donors (Lipinski definition) is 0. The molecule has 1 heterocycles. The second-order valence-electron chi connectivity index (χ2n) is 4.55. The van der Waals surface area contributed by atoms with Gasteiger partial charge >= 0.3 is 5.97 Å². The lowest BCUT2D eigenvalue weighted by atomic mass is 10.1. The molecule has 116 valence electrons. The molecule has 23 heavy (non-hydrogen) atoms. The molecule has 2 aromatic rings. The van der Waals surface area contributed by atoms with Gasteiger partial charge in [0.15, 0.2) is 0 Å². The third-order valence-corrected chi connectivity index (χ3v) is 7.13.